The van der Waals surface area contributed by atoms with E-state index in [0.717, 1.165) is 57.3 Å². The van der Waals surface area contributed by atoms with Gasteiger partial charge in [-0.15, -0.1) is 0 Å². The Morgan fingerprint density at radius 3 is 2.59 bits per heavy atom. The lowest BCUT2D eigenvalue weighted by Crippen LogP contribution is -2.43. The second-order valence-corrected chi connectivity index (χ2v) is 4.42. The predicted octanol–water partition coefficient (Wildman–Crippen LogP) is 1.26. The van der Waals surface area contributed by atoms with Crippen LogP contribution in [0.1, 0.15) is 6.42 Å². The number of nitrogens with one attached hydrogen (secondary N) is 1. The third-order valence-corrected chi connectivity index (χ3v) is 3.21. The van der Waals surface area contributed by atoms with Crippen LogP contribution in [-0.4, -0.2) is 39.4 Å². The number of piperazine rings is 1. The van der Waals surface area contributed by atoms with Gasteiger partial charge in [0.25, 0.3) is 0 Å². The fraction of sp³-hybridized carbons (Fsp3) is 0.538. The summed E-state index contributed by atoms with van der Waals surface area (Å²) in [5, 5.41) is 3.36. The normalized spacial score (nSPS) is 19.9. The summed E-state index contributed by atoms with van der Waals surface area (Å²) in [6.45, 7) is 5.71. The smallest absolute Gasteiger partial charge is 0.163 e. The first kappa shape index (κ1) is 10.7. The van der Waals surface area contributed by atoms with E-state index in [1.165, 1.54) is 5.69 Å². The molecule has 1 saturated heterocycles. The van der Waals surface area contributed by atoms with E-state index in [0.29, 0.717) is 0 Å². The molecule has 1 aromatic rings. The van der Waals surface area contributed by atoms with Gasteiger partial charge in [-0.25, -0.2) is 0 Å². The summed E-state index contributed by atoms with van der Waals surface area (Å²) in [6.07, 6.45) is 0.956. The minimum Gasteiger partial charge on any atom is -0.490 e. The molecule has 0 aromatic heterocycles. The van der Waals surface area contributed by atoms with Gasteiger partial charge in [0.2, 0.25) is 0 Å². The third-order valence-electron chi connectivity index (χ3n) is 3.21. The van der Waals surface area contributed by atoms with Gasteiger partial charge in [0.15, 0.2) is 11.5 Å². The summed E-state index contributed by atoms with van der Waals surface area (Å²) in [5.41, 5.74) is 1.23. The van der Waals surface area contributed by atoms with Gasteiger partial charge >= 0.3 is 0 Å². The fourth-order valence-corrected chi connectivity index (χ4v) is 2.27. The fourth-order valence-electron chi connectivity index (χ4n) is 2.27. The molecule has 0 amide bonds. The summed E-state index contributed by atoms with van der Waals surface area (Å²) >= 11 is 0. The van der Waals surface area contributed by atoms with E-state index in [4.69, 9.17) is 9.47 Å². The summed E-state index contributed by atoms with van der Waals surface area (Å²) in [6, 6.07) is 6.25. The quantitative estimate of drug-likeness (QED) is 0.793. The number of benzene rings is 1. The van der Waals surface area contributed by atoms with Crippen molar-refractivity contribution in [3.05, 3.63) is 18.2 Å². The molecule has 4 nitrogen and oxygen atoms in total. The van der Waals surface area contributed by atoms with Crippen molar-refractivity contribution in [3.63, 3.8) is 0 Å². The lowest BCUT2D eigenvalue weighted by molar-refractivity contribution is 0.297. The number of rotatable bonds is 1. The molecular formula is C13H18N2O2. The Morgan fingerprint density at radius 2 is 1.76 bits per heavy atom. The molecule has 1 aromatic carbocycles. The standard InChI is InChI=1S/C13H18N2O2/c1-8-16-12-3-2-11(10-13(12)17-9-1)15-6-4-14-5-7-15/h2-3,10,14H,1,4-9H2. The largest absolute Gasteiger partial charge is 0.490 e. The molecule has 0 spiro atoms. The number of anilines is 1. The second kappa shape index (κ2) is 4.84. The molecule has 2 heterocycles. The first-order valence-electron chi connectivity index (χ1n) is 6.29. The predicted molar refractivity (Wildman–Crippen MR) is 67.1 cm³/mol. The van der Waals surface area contributed by atoms with Crippen molar-refractivity contribution >= 4 is 5.69 Å². The molecule has 92 valence electrons. The summed E-state index contributed by atoms with van der Waals surface area (Å²) in [4.78, 5) is 2.38. The Morgan fingerprint density at radius 1 is 1.00 bits per heavy atom. The van der Waals surface area contributed by atoms with Crippen LogP contribution in [0.4, 0.5) is 5.69 Å². The number of fused-ring (bicyclic) bond motifs is 1. The minimum absolute atomic E-state index is 0.748. The Hall–Kier alpha value is -1.42. The SMILES string of the molecule is c1cc2c(cc1N1CCNCC1)OCCCO2. The first-order valence-corrected chi connectivity index (χ1v) is 6.29. The van der Waals surface area contributed by atoms with Crippen molar-refractivity contribution in [3.8, 4) is 11.5 Å². The molecule has 1 N–H and O–H groups in total. The van der Waals surface area contributed by atoms with E-state index in [2.05, 4.69) is 22.3 Å². The highest BCUT2D eigenvalue weighted by Gasteiger charge is 2.15. The van der Waals surface area contributed by atoms with Crippen LogP contribution in [0.3, 0.4) is 0 Å². The zero-order valence-corrected chi connectivity index (χ0v) is 9.95. The molecule has 17 heavy (non-hydrogen) atoms. The molecule has 2 aliphatic rings. The Bertz CT molecular complexity index is 389. The van der Waals surface area contributed by atoms with Crippen molar-refractivity contribution < 1.29 is 9.47 Å². The number of nitrogens with zero attached hydrogens (tertiary/aromatic N) is 1. The monoisotopic (exact) mass is 234 g/mol. The highest BCUT2D eigenvalue weighted by atomic mass is 16.5. The molecule has 2 aliphatic heterocycles. The Labute approximate surface area is 102 Å². The number of ether oxygens (including phenoxy) is 2. The van der Waals surface area contributed by atoms with E-state index in [1.807, 2.05) is 6.07 Å². The van der Waals surface area contributed by atoms with E-state index in [9.17, 15) is 0 Å². The van der Waals surface area contributed by atoms with Crippen molar-refractivity contribution in [2.75, 3.05) is 44.3 Å². The minimum atomic E-state index is 0.748. The van der Waals surface area contributed by atoms with Crippen LogP contribution in [-0.2, 0) is 0 Å². The van der Waals surface area contributed by atoms with Crippen LogP contribution >= 0.6 is 0 Å². The van der Waals surface area contributed by atoms with Gasteiger partial charge in [0.1, 0.15) is 0 Å². The van der Waals surface area contributed by atoms with Gasteiger partial charge in [0, 0.05) is 44.4 Å². The second-order valence-electron chi connectivity index (χ2n) is 4.42. The van der Waals surface area contributed by atoms with Gasteiger partial charge in [-0.2, -0.15) is 0 Å². The van der Waals surface area contributed by atoms with Crippen molar-refractivity contribution in [2.45, 2.75) is 6.42 Å². The van der Waals surface area contributed by atoms with Gasteiger partial charge < -0.3 is 19.7 Å². The van der Waals surface area contributed by atoms with E-state index < -0.39 is 0 Å². The van der Waals surface area contributed by atoms with Crippen LogP contribution in [0, 0.1) is 0 Å². The zero-order valence-electron chi connectivity index (χ0n) is 9.95. The van der Waals surface area contributed by atoms with Gasteiger partial charge in [-0.1, -0.05) is 0 Å². The first-order chi connectivity index (χ1) is 8.43. The van der Waals surface area contributed by atoms with Crippen LogP contribution in [0.5, 0.6) is 11.5 Å². The molecule has 0 saturated carbocycles. The van der Waals surface area contributed by atoms with Crippen LogP contribution < -0.4 is 19.7 Å². The van der Waals surface area contributed by atoms with Crippen molar-refractivity contribution in [1.29, 1.82) is 0 Å². The number of hydrogen-bond donors (Lipinski definition) is 1. The molecule has 0 radical (unpaired) electrons. The summed E-state index contributed by atoms with van der Waals surface area (Å²) < 4.78 is 11.3. The van der Waals surface area contributed by atoms with E-state index in [-0.39, 0.29) is 0 Å². The Balaban J connectivity index is 1.83. The highest BCUT2D eigenvalue weighted by molar-refractivity contribution is 5.56. The zero-order chi connectivity index (χ0) is 11.5. The maximum atomic E-state index is 5.71. The maximum absolute atomic E-state index is 5.71. The molecule has 0 aliphatic carbocycles. The summed E-state index contributed by atoms with van der Waals surface area (Å²) in [5.74, 6) is 1.76. The lowest BCUT2D eigenvalue weighted by atomic mass is 10.2. The molecule has 0 atom stereocenters. The Kier molecular flexibility index (Phi) is 3.05. The van der Waals surface area contributed by atoms with Gasteiger partial charge in [-0.05, 0) is 12.1 Å². The van der Waals surface area contributed by atoms with Gasteiger partial charge in [0.05, 0.1) is 13.2 Å². The van der Waals surface area contributed by atoms with Gasteiger partial charge in [-0.3, -0.25) is 0 Å². The average Bonchev–Trinajstić information content (AvgIpc) is 2.64. The topological polar surface area (TPSA) is 33.7 Å². The molecule has 0 bridgehead atoms. The third kappa shape index (κ3) is 2.31. The van der Waals surface area contributed by atoms with E-state index >= 15 is 0 Å². The molecule has 3 rings (SSSR count). The highest BCUT2D eigenvalue weighted by Crippen LogP contribution is 2.33. The van der Waals surface area contributed by atoms with Crippen LogP contribution in [0.15, 0.2) is 18.2 Å². The van der Waals surface area contributed by atoms with Crippen molar-refractivity contribution in [2.24, 2.45) is 0 Å². The van der Waals surface area contributed by atoms with Crippen molar-refractivity contribution in [1.82, 2.24) is 5.32 Å². The maximum Gasteiger partial charge on any atom is 0.163 e. The molecule has 0 unspecified atom stereocenters. The summed E-state index contributed by atoms with van der Waals surface area (Å²) in [7, 11) is 0. The molecule has 1 fully saturated rings. The van der Waals surface area contributed by atoms with Crippen LogP contribution in [0.25, 0.3) is 0 Å². The lowest BCUT2D eigenvalue weighted by Gasteiger charge is -2.29. The molecular weight excluding hydrogens is 216 g/mol. The average molecular weight is 234 g/mol. The van der Waals surface area contributed by atoms with E-state index in [1.54, 1.807) is 0 Å². The number of hydrogen-bond acceptors (Lipinski definition) is 4. The van der Waals surface area contributed by atoms with Crippen LogP contribution in [0.2, 0.25) is 0 Å². The molecule has 4 heteroatoms.